The molecule has 84 valence electrons. The number of rotatable bonds is 5. The third-order valence-corrected chi connectivity index (χ3v) is 2.43. The smallest absolute Gasteiger partial charge is 0.0515 e. The molecule has 0 aromatic heterocycles. The lowest BCUT2D eigenvalue weighted by molar-refractivity contribution is 0.185. The van der Waals surface area contributed by atoms with Crippen LogP contribution in [-0.4, -0.2) is 17.3 Å². The van der Waals surface area contributed by atoms with Gasteiger partial charge in [0.1, 0.15) is 0 Å². The van der Waals surface area contributed by atoms with Gasteiger partial charge >= 0.3 is 0 Å². The predicted octanol–water partition coefficient (Wildman–Crippen LogP) is 1.89. The number of aryl methyl sites for hydroxylation is 1. The van der Waals surface area contributed by atoms with Crippen molar-refractivity contribution in [3.05, 3.63) is 35.4 Å². The number of benzene rings is 1. The monoisotopic (exact) mass is 207 g/mol. The summed E-state index contributed by atoms with van der Waals surface area (Å²) in [5.74, 6) is 0. The highest BCUT2D eigenvalue weighted by molar-refractivity contribution is 5.23. The number of aliphatic hydroxyl groups excluding tert-OH is 1. The van der Waals surface area contributed by atoms with Gasteiger partial charge in [0.05, 0.1) is 6.10 Å². The summed E-state index contributed by atoms with van der Waals surface area (Å²) < 4.78 is 0. The van der Waals surface area contributed by atoms with E-state index < -0.39 is 0 Å². The molecule has 15 heavy (non-hydrogen) atoms. The van der Waals surface area contributed by atoms with Crippen molar-refractivity contribution in [1.29, 1.82) is 0 Å². The van der Waals surface area contributed by atoms with Gasteiger partial charge in [-0.25, -0.2) is 0 Å². The molecule has 2 heteroatoms. The lowest BCUT2D eigenvalue weighted by atomic mass is 10.0. The Hall–Kier alpha value is -0.860. The molecule has 1 aromatic rings. The second-order valence-electron chi connectivity index (χ2n) is 4.39. The van der Waals surface area contributed by atoms with Gasteiger partial charge < -0.3 is 10.8 Å². The molecule has 0 aliphatic rings. The van der Waals surface area contributed by atoms with Crippen molar-refractivity contribution in [1.82, 2.24) is 0 Å². The highest BCUT2D eigenvalue weighted by atomic mass is 16.3. The van der Waals surface area contributed by atoms with E-state index >= 15 is 0 Å². The molecule has 0 amide bonds. The first-order valence-corrected chi connectivity index (χ1v) is 5.59. The normalized spacial score (nSPS) is 14.9. The van der Waals surface area contributed by atoms with Crippen molar-refractivity contribution in [3.8, 4) is 0 Å². The molecule has 0 spiro atoms. The van der Waals surface area contributed by atoms with E-state index in [1.165, 1.54) is 11.1 Å². The molecule has 0 heterocycles. The molecule has 0 radical (unpaired) electrons. The van der Waals surface area contributed by atoms with Crippen LogP contribution in [0.25, 0.3) is 0 Å². The summed E-state index contributed by atoms with van der Waals surface area (Å²) in [7, 11) is 0. The molecule has 0 saturated carbocycles. The summed E-state index contributed by atoms with van der Waals surface area (Å²) in [5, 5.41) is 9.17. The van der Waals surface area contributed by atoms with Crippen LogP contribution < -0.4 is 5.73 Å². The maximum Gasteiger partial charge on any atom is 0.0515 e. The van der Waals surface area contributed by atoms with Gasteiger partial charge in [0, 0.05) is 6.04 Å². The molecule has 1 rings (SSSR count). The molecule has 3 N–H and O–H groups in total. The second-order valence-corrected chi connectivity index (χ2v) is 4.39. The zero-order valence-corrected chi connectivity index (χ0v) is 9.61. The maximum absolute atomic E-state index is 9.17. The number of hydrogen-bond donors (Lipinski definition) is 2. The van der Waals surface area contributed by atoms with E-state index in [1.807, 2.05) is 13.8 Å². The summed E-state index contributed by atoms with van der Waals surface area (Å²) in [4.78, 5) is 0. The molecular weight excluding hydrogens is 186 g/mol. The Labute approximate surface area is 92.1 Å². The van der Waals surface area contributed by atoms with Crippen LogP contribution in [0.5, 0.6) is 0 Å². The zero-order valence-electron chi connectivity index (χ0n) is 9.61. The van der Waals surface area contributed by atoms with Crippen LogP contribution in [0.15, 0.2) is 24.3 Å². The summed E-state index contributed by atoms with van der Waals surface area (Å²) >= 11 is 0. The molecule has 2 atom stereocenters. The fourth-order valence-corrected chi connectivity index (χ4v) is 1.59. The fourth-order valence-electron chi connectivity index (χ4n) is 1.59. The number of aliphatic hydroxyl groups is 1. The maximum atomic E-state index is 9.17. The minimum Gasteiger partial charge on any atom is -0.393 e. The second kappa shape index (κ2) is 5.89. The Morgan fingerprint density at radius 3 is 2.13 bits per heavy atom. The Morgan fingerprint density at radius 1 is 1.13 bits per heavy atom. The van der Waals surface area contributed by atoms with Gasteiger partial charge in [-0.15, -0.1) is 0 Å². The van der Waals surface area contributed by atoms with Gasteiger partial charge in [-0.2, -0.15) is 0 Å². The van der Waals surface area contributed by atoms with Crippen molar-refractivity contribution < 1.29 is 5.11 Å². The van der Waals surface area contributed by atoms with E-state index in [0.29, 0.717) is 0 Å². The molecular formula is C13H21NO. The van der Waals surface area contributed by atoms with Gasteiger partial charge in [0.2, 0.25) is 0 Å². The number of hydrogen-bond acceptors (Lipinski definition) is 2. The lowest BCUT2D eigenvalue weighted by Gasteiger charge is -2.07. The Morgan fingerprint density at radius 2 is 1.67 bits per heavy atom. The first-order valence-electron chi connectivity index (χ1n) is 5.59. The van der Waals surface area contributed by atoms with E-state index in [4.69, 9.17) is 5.73 Å². The van der Waals surface area contributed by atoms with E-state index in [-0.39, 0.29) is 12.1 Å². The van der Waals surface area contributed by atoms with Crippen molar-refractivity contribution >= 4 is 0 Å². The van der Waals surface area contributed by atoms with Crippen LogP contribution in [0.1, 0.15) is 31.4 Å². The Balaban J connectivity index is 2.49. The van der Waals surface area contributed by atoms with Crippen LogP contribution in [0.2, 0.25) is 0 Å². The van der Waals surface area contributed by atoms with E-state index in [0.717, 1.165) is 19.3 Å². The first-order chi connectivity index (χ1) is 7.08. The van der Waals surface area contributed by atoms with Gasteiger partial charge in [-0.05, 0) is 44.2 Å². The quantitative estimate of drug-likeness (QED) is 0.774. The van der Waals surface area contributed by atoms with Crippen LogP contribution in [0.4, 0.5) is 0 Å². The molecule has 2 unspecified atom stereocenters. The third-order valence-electron chi connectivity index (χ3n) is 2.43. The summed E-state index contributed by atoms with van der Waals surface area (Å²) in [5.41, 5.74) is 8.29. The third kappa shape index (κ3) is 4.96. The van der Waals surface area contributed by atoms with E-state index in [2.05, 4.69) is 24.3 Å². The molecule has 0 saturated heterocycles. The van der Waals surface area contributed by atoms with Crippen LogP contribution in [0.3, 0.4) is 0 Å². The number of nitrogens with two attached hydrogens (primary N) is 1. The van der Waals surface area contributed by atoms with Crippen LogP contribution >= 0.6 is 0 Å². The van der Waals surface area contributed by atoms with Crippen molar-refractivity contribution in [2.24, 2.45) is 5.73 Å². The molecule has 2 nitrogen and oxygen atoms in total. The summed E-state index contributed by atoms with van der Waals surface area (Å²) in [6.45, 7) is 3.84. The largest absolute Gasteiger partial charge is 0.393 e. The zero-order chi connectivity index (χ0) is 11.3. The van der Waals surface area contributed by atoms with E-state index in [9.17, 15) is 5.11 Å². The SMILES string of the molecule is CC(N)Cc1ccc(CCC(C)O)cc1. The minimum absolute atomic E-state index is 0.214. The van der Waals surface area contributed by atoms with Gasteiger partial charge in [0.25, 0.3) is 0 Å². The van der Waals surface area contributed by atoms with E-state index in [1.54, 1.807) is 0 Å². The average molecular weight is 207 g/mol. The highest BCUT2D eigenvalue weighted by Crippen LogP contribution is 2.09. The predicted molar refractivity (Wildman–Crippen MR) is 63.8 cm³/mol. The topological polar surface area (TPSA) is 46.2 Å². The standard InChI is InChI=1S/C13H21NO/c1-10(14)9-13-7-5-12(6-8-13)4-3-11(2)15/h5-8,10-11,15H,3-4,9,14H2,1-2H3. The average Bonchev–Trinajstić information content (AvgIpc) is 2.16. The van der Waals surface area contributed by atoms with Gasteiger partial charge in [-0.1, -0.05) is 24.3 Å². The van der Waals surface area contributed by atoms with Gasteiger partial charge in [-0.3, -0.25) is 0 Å². The molecule has 0 bridgehead atoms. The van der Waals surface area contributed by atoms with Crippen LogP contribution in [-0.2, 0) is 12.8 Å². The van der Waals surface area contributed by atoms with Crippen molar-refractivity contribution in [3.63, 3.8) is 0 Å². The molecule has 0 fully saturated rings. The minimum atomic E-state index is -0.214. The molecule has 1 aromatic carbocycles. The first kappa shape index (κ1) is 12.2. The molecule has 0 aliphatic carbocycles. The van der Waals surface area contributed by atoms with Gasteiger partial charge in [0.15, 0.2) is 0 Å². The fraction of sp³-hybridized carbons (Fsp3) is 0.538. The summed E-state index contributed by atoms with van der Waals surface area (Å²) in [6.07, 6.45) is 2.48. The van der Waals surface area contributed by atoms with Crippen LogP contribution in [0, 0.1) is 0 Å². The highest BCUT2D eigenvalue weighted by Gasteiger charge is 2.00. The lowest BCUT2D eigenvalue weighted by Crippen LogP contribution is -2.17. The van der Waals surface area contributed by atoms with Crippen molar-refractivity contribution in [2.75, 3.05) is 0 Å². The molecule has 0 aliphatic heterocycles. The summed E-state index contributed by atoms with van der Waals surface area (Å²) in [6, 6.07) is 8.72. The van der Waals surface area contributed by atoms with Crippen molar-refractivity contribution in [2.45, 2.75) is 45.3 Å². The Kier molecular flexibility index (Phi) is 4.79. The Bertz CT molecular complexity index is 277.